The predicted molar refractivity (Wildman–Crippen MR) is 81.5 cm³/mol. The van der Waals surface area contributed by atoms with Gasteiger partial charge in [0.05, 0.1) is 19.8 Å². The Bertz CT molecular complexity index is 419. The molecule has 1 fully saturated rings. The van der Waals surface area contributed by atoms with E-state index in [0.29, 0.717) is 12.7 Å². The fraction of sp³-hybridized carbons (Fsp3) is 0.625. The van der Waals surface area contributed by atoms with Gasteiger partial charge in [-0.1, -0.05) is 29.8 Å². The van der Waals surface area contributed by atoms with Crippen molar-refractivity contribution in [3.05, 3.63) is 28.2 Å². The number of hydrogen-bond acceptors (Lipinski definition) is 2. The Morgan fingerprint density at radius 2 is 2.00 bits per heavy atom. The quantitative estimate of drug-likeness (QED) is 0.791. The van der Waals surface area contributed by atoms with E-state index >= 15 is 0 Å². The summed E-state index contributed by atoms with van der Waals surface area (Å²) in [5.41, 5.74) is 1.11. The molecule has 0 heterocycles. The van der Waals surface area contributed by atoms with Crippen LogP contribution in [0.3, 0.4) is 0 Å². The number of benzene rings is 1. The smallest absolute Gasteiger partial charge is 0.124 e. The zero-order chi connectivity index (χ0) is 13.8. The van der Waals surface area contributed by atoms with Gasteiger partial charge in [-0.25, -0.2) is 0 Å². The van der Waals surface area contributed by atoms with Crippen LogP contribution >= 0.6 is 15.9 Å². The Hall–Kier alpha value is -0.540. The van der Waals surface area contributed by atoms with E-state index in [4.69, 9.17) is 9.47 Å². The van der Waals surface area contributed by atoms with Gasteiger partial charge >= 0.3 is 0 Å². The Morgan fingerprint density at radius 3 is 2.68 bits per heavy atom. The lowest BCUT2D eigenvalue weighted by molar-refractivity contribution is -0.00809. The second-order valence-electron chi connectivity index (χ2n) is 5.66. The lowest BCUT2D eigenvalue weighted by atomic mass is 9.80. The minimum Gasteiger partial charge on any atom is -0.496 e. The van der Waals surface area contributed by atoms with Crippen LogP contribution in [0.1, 0.15) is 38.7 Å². The van der Waals surface area contributed by atoms with E-state index in [1.807, 2.05) is 12.1 Å². The van der Waals surface area contributed by atoms with Gasteiger partial charge in [0.2, 0.25) is 0 Å². The molecule has 1 aliphatic rings. The molecule has 0 aliphatic heterocycles. The molecule has 0 saturated heterocycles. The zero-order valence-corrected chi connectivity index (χ0v) is 13.6. The van der Waals surface area contributed by atoms with Crippen molar-refractivity contribution in [1.29, 1.82) is 0 Å². The van der Waals surface area contributed by atoms with Crippen LogP contribution in [0.5, 0.6) is 5.75 Å². The van der Waals surface area contributed by atoms with Gasteiger partial charge in [-0.2, -0.15) is 0 Å². The minimum absolute atomic E-state index is 0.398. The summed E-state index contributed by atoms with van der Waals surface area (Å²) >= 11 is 3.50. The van der Waals surface area contributed by atoms with Crippen molar-refractivity contribution < 1.29 is 9.47 Å². The normalized spacial score (nSPS) is 27.3. The first-order chi connectivity index (χ1) is 9.10. The molecule has 3 unspecified atom stereocenters. The van der Waals surface area contributed by atoms with Gasteiger partial charge in [-0.3, -0.25) is 0 Å². The summed E-state index contributed by atoms with van der Waals surface area (Å²) in [4.78, 5) is 0. The molecule has 2 rings (SSSR count). The van der Waals surface area contributed by atoms with Crippen molar-refractivity contribution in [2.75, 3.05) is 7.11 Å². The van der Waals surface area contributed by atoms with Crippen molar-refractivity contribution in [2.24, 2.45) is 11.8 Å². The number of methoxy groups -OCH3 is 1. The first-order valence-corrected chi connectivity index (χ1v) is 7.83. The summed E-state index contributed by atoms with van der Waals surface area (Å²) in [5, 5.41) is 0. The highest BCUT2D eigenvalue weighted by atomic mass is 79.9. The number of hydrogen-bond donors (Lipinski definition) is 0. The Morgan fingerprint density at radius 1 is 1.21 bits per heavy atom. The number of ether oxygens (including phenoxy) is 2. The summed E-state index contributed by atoms with van der Waals surface area (Å²) < 4.78 is 12.5. The molecule has 0 amide bonds. The molecule has 19 heavy (non-hydrogen) atoms. The fourth-order valence-corrected chi connectivity index (χ4v) is 3.13. The van der Waals surface area contributed by atoms with Gasteiger partial charge in [-0.15, -0.1) is 0 Å². The number of rotatable bonds is 4. The van der Waals surface area contributed by atoms with Crippen LogP contribution in [0.25, 0.3) is 0 Å². The minimum atomic E-state index is 0.398. The van der Waals surface area contributed by atoms with Gasteiger partial charge in [-0.05, 0) is 49.3 Å². The summed E-state index contributed by atoms with van der Waals surface area (Å²) in [6.45, 7) is 5.31. The SMILES string of the molecule is COc1ccc(Br)cc1COC1CCC(C)C(C)C1. The molecule has 3 heteroatoms. The second kappa shape index (κ2) is 6.76. The summed E-state index contributed by atoms with van der Waals surface area (Å²) in [5.74, 6) is 2.50. The molecular formula is C16H23BrO2. The van der Waals surface area contributed by atoms with Crippen LogP contribution in [0.15, 0.2) is 22.7 Å². The molecule has 1 aliphatic carbocycles. The van der Waals surface area contributed by atoms with Crippen molar-refractivity contribution in [2.45, 2.75) is 45.8 Å². The van der Waals surface area contributed by atoms with Gasteiger partial charge in [0.15, 0.2) is 0 Å². The zero-order valence-electron chi connectivity index (χ0n) is 12.0. The van der Waals surface area contributed by atoms with E-state index in [1.165, 1.54) is 19.3 Å². The van der Waals surface area contributed by atoms with Crippen molar-refractivity contribution in [3.63, 3.8) is 0 Å². The molecule has 0 aromatic heterocycles. The van der Waals surface area contributed by atoms with Gasteiger partial charge in [0, 0.05) is 10.0 Å². The van der Waals surface area contributed by atoms with Crippen molar-refractivity contribution in [1.82, 2.24) is 0 Å². The van der Waals surface area contributed by atoms with Crippen LogP contribution < -0.4 is 4.74 Å². The molecule has 1 saturated carbocycles. The number of halogens is 1. The van der Waals surface area contributed by atoms with Crippen LogP contribution in [0.4, 0.5) is 0 Å². The van der Waals surface area contributed by atoms with Crippen LogP contribution in [-0.4, -0.2) is 13.2 Å². The molecule has 1 aromatic rings. The highest BCUT2D eigenvalue weighted by molar-refractivity contribution is 9.10. The Balaban J connectivity index is 1.93. The molecule has 0 spiro atoms. The monoisotopic (exact) mass is 326 g/mol. The topological polar surface area (TPSA) is 18.5 Å². The highest BCUT2D eigenvalue weighted by Gasteiger charge is 2.25. The van der Waals surface area contributed by atoms with E-state index in [2.05, 4.69) is 35.8 Å². The largest absolute Gasteiger partial charge is 0.496 e. The van der Waals surface area contributed by atoms with E-state index in [-0.39, 0.29) is 0 Å². The molecule has 106 valence electrons. The molecule has 0 bridgehead atoms. The average Bonchev–Trinajstić information content (AvgIpc) is 2.40. The molecular weight excluding hydrogens is 304 g/mol. The fourth-order valence-electron chi connectivity index (χ4n) is 2.72. The standard InChI is InChI=1S/C16H23BrO2/c1-11-4-6-15(8-12(11)2)19-10-13-9-14(17)5-7-16(13)18-3/h5,7,9,11-12,15H,4,6,8,10H2,1-3H3. The maximum atomic E-state index is 6.08. The summed E-state index contributed by atoms with van der Waals surface area (Å²) in [6.07, 6.45) is 4.04. The molecule has 0 radical (unpaired) electrons. The highest BCUT2D eigenvalue weighted by Crippen LogP contribution is 2.32. The molecule has 2 nitrogen and oxygen atoms in total. The van der Waals surface area contributed by atoms with Gasteiger partial charge in [0.1, 0.15) is 5.75 Å². The maximum Gasteiger partial charge on any atom is 0.124 e. The van der Waals surface area contributed by atoms with Crippen molar-refractivity contribution >= 4 is 15.9 Å². The molecule has 3 atom stereocenters. The molecule has 0 N–H and O–H groups in total. The lowest BCUT2D eigenvalue weighted by Gasteiger charge is -2.32. The molecule has 1 aromatic carbocycles. The second-order valence-corrected chi connectivity index (χ2v) is 6.57. The predicted octanol–water partition coefficient (Wildman–Crippen LogP) is 4.80. The van der Waals surface area contributed by atoms with E-state index in [9.17, 15) is 0 Å². The Kier molecular flexibility index (Phi) is 5.28. The Labute approximate surface area is 124 Å². The summed E-state index contributed by atoms with van der Waals surface area (Å²) in [7, 11) is 1.71. The third-order valence-corrected chi connectivity index (χ3v) is 4.76. The third-order valence-electron chi connectivity index (χ3n) is 4.27. The lowest BCUT2D eigenvalue weighted by Crippen LogP contribution is -2.26. The third kappa shape index (κ3) is 3.96. The van der Waals surface area contributed by atoms with Gasteiger partial charge < -0.3 is 9.47 Å². The van der Waals surface area contributed by atoms with E-state index in [0.717, 1.165) is 27.6 Å². The van der Waals surface area contributed by atoms with Crippen molar-refractivity contribution in [3.8, 4) is 5.75 Å². The van der Waals surface area contributed by atoms with Crippen LogP contribution in [0.2, 0.25) is 0 Å². The first kappa shape index (κ1) is 14.9. The average molecular weight is 327 g/mol. The first-order valence-electron chi connectivity index (χ1n) is 7.04. The van der Waals surface area contributed by atoms with Gasteiger partial charge in [0.25, 0.3) is 0 Å². The maximum absolute atomic E-state index is 6.08. The van der Waals surface area contributed by atoms with E-state index in [1.54, 1.807) is 7.11 Å². The van der Waals surface area contributed by atoms with Crippen LogP contribution in [-0.2, 0) is 11.3 Å². The van der Waals surface area contributed by atoms with E-state index < -0.39 is 0 Å². The van der Waals surface area contributed by atoms with Crippen LogP contribution in [0, 0.1) is 11.8 Å². The summed E-state index contributed by atoms with van der Waals surface area (Å²) in [6, 6.07) is 6.05.